The largest absolute Gasteiger partial charge is 0.382 e. The molecule has 0 saturated carbocycles. The van der Waals surface area contributed by atoms with Gasteiger partial charge in [-0.1, -0.05) is 18.2 Å². The van der Waals surface area contributed by atoms with Gasteiger partial charge in [-0.3, -0.25) is 14.5 Å². The van der Waals surface area contributed by atoms with Gasteiger partial charge >= 0.3 is 0 Å². The zero-order valence-electron chi connectivity index (χ0n) is 19.4. The van der Waals surface area contributed by atoms with Gasteiger partial charge in [0.15, 0.2) is 11.5 Å². The van der Waals surface area contributed by atoms with E-state index in [9.17, 15) is 9.59 Å². The average Bonchev–Trinajstić information content (AvgIpc) is 2.81. The van der Waals surface area contributed by atoms with Crippen LogP contribution in [-0.2, 0) is 11.3 Å². The van der Waals surface area contributed by atoms with Crippen LogP contribution < -0.4 is 21.3 Å². The average molecular weight is 451 g/mol. The van der Waals surface area contributed by atoms with Gasteiger partial charge in [0.2, 0.25) is 5.91 Å². The molecule has 1 aromatic carbocycles. The van der Waals surface area contributed by atoms with E-state index in [0.717, 1.165) is 27.8 Å². The number of pyridine rings is 1. The van der Waals surface area contributed by atoms with Crippen LogP contribution in [-0.4, -0.2) is 72.4 Å². The number of carbonyl (C=O) groups is 2. The zero-order valence-corrected chi connectivity index (χ0v) is 19.4. The van der Waals surface area contributed by atoms with E-state index in [1.807, 2.05) is 55.1 Å². The second kappa shape index (κ2) is 10.7. The highest BCUT2D eigenvalue weighted by molar-refractivity contribution is 5.96. The standard InChI is InChI=1S/C23H30N8O2/c1-15-6-5-7-16-12-17(13-28-23(33)20-21(24)27-9-8-26-20)22(29-19(15)16)31(4)11-10-30(3)14-18(32)25-2/h5-9,12H,10-11,13-14H2,1-4H3,(H2,24,27)(H,25,32)(H,28,33). The van der Waals surface area contributed by atoms with Crippen molar-refractivity contribution in [3.63, 3.8) is 0 Å². The van der Waals surface area contributed by atoms with Crippen LogP contribution in [0.1, 0.15) is 21.6 Å². The molecule has 10 nitrogen and oxygen atoms in total. The van der Waals surface area contributed by atoms with E-state index in [0.29, 0.717) is 19.6 Å². The first-order valence-corrected chi connectivity index (χ1v) is 10.6. The van der Waals surface area contributed by atoms with Crippen molar-refractivity contribution in [2.45, 2.75) is 13.5 Å². The summed E-state index contributed by atoms with van der Waals surface area (Å²) in [5.41, 5.74) is 8.72. The highest BCUT2D eigenvalue weighted by Gasteiger charge is 2.17. The number of fused-ring (bicyclic) bond motifs is 1. The summed E-state index contributed by atoms with van der Waals surface area (Å²) >= 11 is 0. The van der Waals surface area contributed by atoms with Gasteiger partial charge in [-0.2, -0.15) is 0 Å². The predicted octanol–water partition coefficient (Wildman–Crippen LogP) is 0.959. The molecule has 0 radical (unpaired) electrons. The van der Waals surface area contributed by atoms with E-state index in [-0.39, 0.29) is 24.0 Å². The lowest BCUT2D eigenvalue weighted by atomic mass is 10.1. The molecule has 0 saturated heterocycles. The number of rotatable bonds is 9. The summed E-state index contributed by atoms with van der Waals surface area (Å²) in [6.45, 7) is 3.90. The summed E-state index contributed by atoms with van der Waals surface area (Å²) in [6.07, 6.45) is 2.87. The fourth-order valence-corrected chi connectivity index (χ4v) is 3.45. The Morgan fingerprint density at radius 3 is 2.61 bits per heavy atom. The maximum Gasteiger partial charge on any atom is 0.273 e. The fourth-order valence-electron chi connectivity index (χ4n) is 3.45. The minimum atomic E-state index is -0.399. The molecule has 0 bridgehead atoms. The Kier molecular flexibility index (Phi) is 7.73. The summed E-state index contributed by atoms with van der Waals surface area (Å²) in [5, 5.41) is 6.50. The van der Waals surface area contributed by atoms with Gasteiger partial charge in [-0.15, -0.1) is 0 Å². The topological polar surface area (TPSA) is 129 Å². The lowest BCUT2D eigenvalue weighted by Crippen LogP contribution is -2.38. The number of aromatic nitrogens is 3. The summed E-state index contributed by atoms with van der Waals surface area (Å²) in [6, 6.07) is 8.05. The van der Waals surface area contributed by atoms with Crippen molar-refractivity contribution in [1.29, 1.82) is 0 Å². The van der Waals surface area contributed by atoms with E-state index in [2.05, 4.69) is 20.6 Å². The highest BCUT2D eigenvalue weighted by Crippen LogP contribution is 2.25. The molecular formula is C23H30N8O2. The molecule has 2 aromatic heterocycles. The van der Waals surface area contributed by atoms with Crippen molar-refractivity contribution in [2.24, 2.45) is 0 Å². The molecule has 0 aliphatic heterocycles. The molecule has 2 amide bonds. The van der Waals surface area contributed by atoms with Gasteiger partial charge in [0.05, 0.1) is 12.1 Å². The lowest BCUT2D eigenvalue weighted by molar-refractivity contribution is -0.121. The molecule has 0 atom stereocenters. The van der Waals surface area contributed by atoms with Crippen LogP contribution in [0.15, 0.2) is 36.7 Å². The molecular weight excluding hydrogens is 420 g/mol. The Labute approximate surface area is 193 Å². The number of benzene rings is 1. The number of amides is 2. The van der Waals surface area contributed by atoms with Crippen molar-refractivity contribution in [3.05, 3.63) is 53.5 Å². The highest BCUT2D eigenvalue weighted by atomic mass is 16.2. The molecule has 3 rings (SSSR count). The van der Waals surface area contributed by atoms with Crippen LogP contribution in [0, 0.1) is 6.92 Å². The van der Waals surface area contributed by atoms with Gasteiger partial charge in [-0.25, -0.2) is 15.0 Å². The Morgan fingerprint density at radius 1 is 1.12 bits per heavy atom. The molecule has 0 fully saturated rings. The SMILES string of the molecule is CNC(=O)CN(C)CCN(C)c1nc2c(C)cccc2cc1CNC(=O)c1nccnc1N. The molecule has 0 unspecified atom stereocenters. The maximum atomic E-state index is 12.6. The number of para-hydroxylation sites is 1. The smallest absolute Gasteiger partial charge is 0.273 e. The van der Waals surface area contributed by atoms with Crippen LogP contribution in [0.4, 0.5) is 11.6 Å². The summed E-state index contributed by atoms with van der Waals surface area (Å²) in [7, 11) is 5.47. The number of hydrogen-bond acceptors (Lipinski definition) is 8. The fraction of sp³-hybridized carbons (Fsp3) is 0.348. The number of carbonyl (C=O) groups excluding carboxylic acids is 2. The van der Waals surface area contributed by atoms with E-state index in [1.54, 1.807) is 7.05 Å². The molecule has 10 heteroatoms. The van der Waals surface area contributed by atoms with Crippen molar-refractivity contribution >= 4 is 34.4 Å². The second-order valence-corrected chi connectivity index (χ2v) is 7.92. The number of anilines is 2. The van der Waals surface area contributed by atoms with Crippen molar-refractivity contribution in [3.8, 4) is 0 Å². The molecule has 4 N–H and O–H groups in total. The van der Waals surface area contributed by atoms with Crippen LogP contribution in [0.25, 0.3) is 10.9 Å². The Bertz CT molecular complexity index is 1150. The van der Waals surface area contributed by atoms with Gasteiger partial charge in [0.25, 0.3) is 5.91 Å². The molecule has 2 heterocycles. The number of nitrogen functional groups attached to an aromatic ring is 1. The number of hydrogen-bond donors (Lipinski definition) is 3. The third-order valence-electron chi connectivity index (χ3n) is 5.36. The molecule has 0 spiro atoms. The van der Waals surface area contributed by atoms with Gasteiger partial charge in [-0.05, 0) is 25.6 Å². The first kappa shape index (κ1) is 23.9. The summed E-state index contributed by atoms with van der Waals surface area (Å²) in [4.78, 5) is 41.1. The van der Waals surface area contributed by atoms with Crippen molar-refractivity contribution in [1.82, 2.24) is 30.5 Å². The van der Waals surface area contributed by atoms with E-state index in [1.165, 1.54) is 12.4 Å². The van der Waals surface area contributed by atoms with E-state index < -0.39 is 5.91 Å². The molecule has 0 aliphatic rings. The third kappa shape index (κ3) is 5.92. The van der Waals surface area contributed by atoms with Crippen LogP contribution in [0.5, 0.6) is 0 Å². The van der Waals surface area contributed by atoms with Crippen LogP contribution in [0.2, 0.25) is 0 Å². The number of nitrogens with two attached hydrogens (primary N) is 1. The van der Waals surface area contributed by atoms with Gasteiger partial charge in [0.1, 0.15) is 5.82 Å². The molecule has 0 aliphatic carbocycles. The zero-order chi connectivity index (χ0) is 24.0. The number of nitrogens with zero attached hydrogens (tertiary/aromatic N) is 5. The van der Waals surface area contributed by atoms with Gasteiger partial charge < -0.3 is 21.3 Å². The van der Waals surface area contributed by atoms with Crippen molar-refractivity contribution in [2.75, 3.05) is 51.4 Å². The molecule has 3 aromatic rings. The number of likely N-dealkylation sites (N-methyl/N-ethyl adjacent to an activating group) is 3. The minimum absolute atomic E-state index is 0.0358. The maximum absolute atomic E-state index is 12.6. The molecule has 33 heavy (non-hydrogen) atoms. The number of nitrogens with one attached hydrogen (secondary N) is 2. The number of aryl methyl sites for hydroxylation is 1. The molecule has 174 valence electrons. The summed E-state index contributed by atoms with van der Waals surface area (Å²) in [5.74, 6) is 0.409. The normalized spacial score (nSPS) is 10.9. The monoisotopic (exact) mass is 450 g/mol. The quantitative estimate of drug-likeness (QED) is 0.440. The third-order valence-corrected chi connectivity index (χ3v) is 5.36. The van der Waals surface area contributed by atoms with E-state index >= 15 is 0 Å². The van der Waals surface area contributed by atoms with E-state index in [4.69, 9.17) is 10.7 Å². The second-order valence-electron chi connectivity index (χ2n) is 7.92. The summed E-state index contributed by atoms with van der Waals surface area (Å²) < 4.78 is 0. The Hall–Kier alpha value is -3.79. The predicted molar refractivity (Wildman–Crippen MR) is 129 cm³/mol. The van der Waals surface area contributed by atoms with Crippen LogP contribution in [0.3, 0.4) is 0 Å². The minimum Gasteiger partial charge on any atom is -0.382 e. The first-order valence-electron chi connectivity index (χ1n) is 10.6. The van der Waals surface area contributed by atoms with Crippen molar-refractivity contribution < 1.29 is 9.59 Å². The lowest BCUT2D eigenvalue weighted by Gasteiger charge is -2.25. The Balaban J connectivity index is 1.83. The van der Waals surface area contributed by atoms with Crippen LogP contribution >= 0.6 is 0 Å². The Morgan fingerprint density at radius 2 is 1.88 bits per heavy atom. The van der Waals surface area contributed by atoms with Gasteiger partial charge in [0, 0.05) is 57.1 Å². The first-order chi connectivity index (χ1) is 15.8.